The highest BCUT2D eigenvalue weighted by atomic mass is 16.5. The Bertz CT molecular complexity index is 233. The molecule has 0 aromatic carbocycles. The molecule has 0 saturated carbocycles. The number of isocyanates is 2. The average Bonchev–Trinajstić information content (AvgIpc) is 2.35. The minimum absolute atomic E-state index is 0.323. The second-order valence-corrected chi connectivity index (χ2v) is 2.78. The summed E-state index contributed by atoms with van der Waals surface area (Å²) in [6.07, 6.45) is 2.85. The molecule has 0 amide bonds. The fourth-order valence-corrected chi connectivity index (χ4v) is 0.854. The molecular weight excluding hydrogens is 228 g/mol. The van der Waals surface area contributed by atoms with Crippen LogP contribution in [-0.4, -0.2) is 64.9 Å². The lowest BCUT2D eigenvalue weighted by atomic mass is 10.6. The van der Waals surface area contributed by atoms with Gasteiger partial charge in [-0.15, -0.1) is 0 Å². The summed E-state index contributed by atoms with van der Waals surface area (Å²) in [7, 11) is 0. The Labute approximate surface area is 99.5 Å². The Morgan fingerprint density at radius 2 is 1.00 bits per heavy atom. The topological polar surface area (TPSA) is 86.6 Å². The first-order chi connectivity index (χ1) is 8.41. The zero-order chi connectivity index (χ0) is 12.6. The monoisotopic (exact) mass is 244 g/mol. The van der Waals surface area contributed by atoms with Crippen LogP contribution in [0.25, 0.3) is 0 Å². The molecule has 0 unspecified atom stereocenters. The number of hydrogen-bond acceptors (Lipinski definition) is 7. The predicted molar refractivity (Wildman–Crippen MR) is 58.4 cm³/mol. The van der Waals surface area contributed by atoms with Crippen molar-refractivity contribution in [3.8, 4) is 0 Å². The standard InChI is InChI=1S/C10H16N2O5/c13-9-11-1-3-15-5-7-17-8-6-16-4-2-12-10-14/h1-8H2. The molecule has 7 nitrogen and oxygen atoms in total. The van der Waals surface area contributed by atoms with Gasteiger partial charge in [0.15, 0.2) is 0 Å². The summed E-state index contributed by atoms with van der Waals surface area (Å²) in [5.74, 6) is 0. The number of hydrogen-bond donors (Lipinski definition) is 0. The number of ether oxygens (including phenoxy) is 3. The van der Waals surface area contributed by atoms with Crippen molar-refractivity contribution < 1.29 is 23.8 Å². The van der Waals surface area contributed by atoms with Gasteiger partial charge in [0.05, 0.1) is 52.7 Å². The first-order valence-electron chi connectivity index (χ1n) is 5.22. The van der Waals surface area contributed by atoms with Gasteiger partial charge in [-0.3, -0.25) is 0 Å². The van der Waals surface area contributed by atoms with Crippen LogP contribution in [0.5, 0.6) is 0 Å². The molecule has 0 aliphatic heterocycles. The summed E-state index contributed by atoms with van der Waals surface area (Å²) < 4.78 is 15.4. The molecule has 0 bridgehead atoms. The van der Waals surface area contributed by atoms with E-state index in [0.29, 0.717) is 52.7 Å². The van der Waals surface area contributed by atoms with E-state index in [-0.39, 0.29) is 0 Å². The molecule has 0 aromatic rings. The Kier molecular flexibility index (Phi) is 13.5. The lowest BCUT2D eigenvalue weighted by Crippen LogP contribution is -2.11. The highest BCUT2D eigenvalue weighted by molar-refractivity contribution is 5.32. The third-order valence-corrected chi connectivity index (χ3v) is 1.57. The smallest absolute Gasteiger partial charge is 0.235 e. The molecule has 0 spiro atoms. The first-order valence-corrected chi connectivity index (χ1v) is 5.22. The van der Waals surface area contributed by atoms with Crippen LogP contribution >= 0.6 is 0 Å². The Morgan fingerprint density at radius 1 is 0.647 bits per heavy atom. The Hall–Kier alpha value is -1.36. The van der Waals surface area contributed by atoms with Crippen LogP contribution in [0.2, 0.25) is 0 Å². The van der Waals surface area contributed by atoms with Crippen LogP contribution in [0.3, 0.4) is 0 Å². The van der Waals surface area contributed by atoms with E-state index in [1.165, 1.54) is 12.2 Å². The Morgan fingerprint density at radius 3 is 1.35 bits per heavy atom. The maximum Gasteiger partial charge on any atom is 0.235 e. The molecule has 0 rings (SSSR count). The predicted octanol–water partition coefficient (Wildman–Crippen LogP) is -0.292. The average molecular weight is 244 g/mol. The van der Waals surface area contributed by atoms with E-state index in [2.05, 4.69) is 9.98 Å². The molecule has 96 valence electrons. The molecule has 0 atom stereocenters. The fraction of sp³-hybridized carbons (Fsp3) is 0.800. The summed E-state index contributed by atoms with van der Waals surface area (Å²) in [6.45, 7) is 3.24. The zero-order valence-corrected chi connectivity index (χ0v) is 9.59. The molecule has 0 heterocycles. The van der Waals surface area contributed by atoms with Crippen LogP contribution < -0.4 is 0 Å². The minimum Gasteiger partial charge on any atom is -0.377 e. The summed E-state index contributed by atoms with van der Waals surface area (Å²) in [4.78, 5) is 26.0. The molecule has 0 saturated heterocycles. The molecule has 0 aromatic heterocycles. The van der Waals surface area contributed by atoms with Crippen LogP contribution in [0, 0.1) is 0 Å². The molecular formula is C10H16N2O5. The summed E-state index contributed by atoms with van der Waals surface area (Å²) in [6, 6.07) is 0. The zero-order valence-electron chi connectivity index (χ0n) is 9.59. The van der Waals surface area contributed by atoms with Crippen molar-refractivity contribution >= 4 is 12.2 Å². The second kappa shape index (κ2) is 14.6. The van der Waals surface area contributed by atoms with E-state index in [1.54, 1.807) is 0 Å². The first kappa shape index (κ1) is 15.6. The molecule has 0 radical (unpaired) electrons. The van der Waals surface area contributed by atoms with Crippen molar-refractivity contribution in [2.24, 2.45) is 9.98 Å². The molecule has 0 aliphatic rings. The highest BCUT2D eigenvalue weighted by Crippen LogP contribution is 1.82. The molecule has 0 aliphatic carbocycles. The molecule has 0 N–H and O–H groups in total. The van der Waals surface area contributed by atoms with Gasteiger partial charge >= 0.3 is 0 Å². The van der Waals surface area contributed by atoms with Gasteiger partial charge in [0.25, 0.3) is 0 Å². The van der Waals surface area contributed by atoms with Crippen LogP contribution in [0.1, 0.15) is 0 Å². The van der Waals surface area contributed by atoms with Gasteiger partial charge in [0.2, 0.25) is 12.2 Å². The van der Waals surface area contributed by atoms with E-state index in [9.17, 15) is 9.59 Å². The lowest BCUT2D eigenvalue weighted by Gasteiger charge is -2.04. The van der Waals surface area contributed by atoms with Crippen molar-refractivity contribution in [2.75, 3.05) is 52.7 Å². The third kappa shape index (κ3) is 14.6. The maximum atomic E-state index is 9.69. The lowest BCUT2D eigenvalue weighted by molar-refractivity contribution is 0.0176. The van der Waals surface area contributed by atoms with Crippen LogP contribution in [-0.2, 0) is 23.8 Å². The number of rotatable bonds is 12. The summed E-state index contributed by atoms with van der Waals surface area (Å²) >= 11 is 0. The van der Waals surface area contributed by atoms with Gasteiger partial charge in [0.1, 0.15) is 0 Å². The molecule has 7 heteroatoms. The quantitative estimate of drug-likeness (QED) is 0.267. The fourth-order valence-electron chi connectivity index (χ4n) is 0.854. The van der Waals surface area contributed by atoms with Crippen molar-refractivity contribution in [3.63, 3.8) is 0 Å². The maximum absolute atomic E-state index is 9.69. The van der Waals surface area contributed by atoms with Crippen molar-refractivity contribution in [3.05, 3.63) is 0 Å². The normalized spacial score (nSPS) is 9.41. The van der Waals surface area contributed by atoms with Gasteiger partial charge in [-0.2, -0.15) is 0 Å². The van der Waals surface area contributed by atoms with Crippen LogP contribution in [0.4, 0.5) is 0 Å². The van der Waals surface area contributed by atoms with E-state index in [1.807, 2.05) is 0 Å². The minimum atomic E-state index is 0.323. The van der Waals surface area contributed by atoms with E-state index < -0.39 is 0 Å². The largest absolute Gasteiger partial charge is 0.377 e. The van der Waals surface area contributed by atoms with E-state index >= 15 is 0 Å². The highest BCUT2D eigenvalue weighted by Gasteiger charge is 1.91. The summed E-state index contributed by atoms with van der Waals surface area (Å²) in [5.41, 5.74) is 0. The summed E-state index contributed by atoms with van der Waals surface area (Å²) in [5, 5.41) is 0. The Balaban J connectivity index is 2.98. The van der Waals surface area contributed by atoms with Gasteiger partial charge in [-0.05, 0) is 0 Å². The number of carbonyl (C=O) groups excluding carboxylic acids is 2. The number of aliphatic imine (C=N–C) groups is 2. The van der Waals surface area contributed by atoms with Gasteiger partial charge in [0, 0.05) is 0 Å². The van der Waals surface area contributed by atoms with Crippen LogP contribution in [0.15, 0.2) is 9.98 Å². The number of nitrogens with zero attached hydrogens (tertiary/aromatic N) is 2. The second-order valence-electron chi connectivity index (χ2n) is 2.78. The van der Waals surface area contributed by atoms with Crippen molar-refractivity contribution in [2.45, 2.75) is 0 Å². The SMILES string of the molecule is O=C=NCCOCCOCCOCCN=C=O. The van der Waals surface area contributed by atoms with Gasteiger partial charge in [-0.25, -0.2) is 19.6 Å². The van der Waals surface area contributed by atoms with Gasteiger partial charge < -0.3 is 14.2 Å². The van der Waals surface area contributed by atoms with Crippen molar-refractivity contribution in [1.29, 1.82) is 0 Å². The van der Waals surface area contributed by atoms with E-state index in [0.717, 1.165) is 0 Å². The third-order valence-electron chi connectivity index (χ3n) is 1.57. The van der Waals surface area contributed by atoms with Crippen molar-refractivity contribution in [1.82, 2.24) is 0 Å². The van der Waals surface area contributed by atoms with Gasteiger partial charge in [-0.1, -0.05) is 0 Å². The molecule has 17 heavy (non-hydrogen) atoms. The molecule has 0 fully saturated rings. The van der Waals surface area contributed by atoms with E-state index in [4.69, 9.17) is 14.2 Å².